The molecule has 0 radical (unpaired) electrons. The molecule has 6 heteroatoms. The molecule has 1 atom stereocenters. The molecule has 0 saturated carbocycles. The van der Waals surface area contributed by atoms with Crippen molar-refractivity contribution in [1.29, 1.82) is 0 Å². The Morgan fingerprint density at radius 2 is 1.94 bits per heavy atom. The lowest BCUT2D eigenvalue weighted by Crippen LogP contribution is -2.25. The van der Waals surface area contributed by atoms with Crippen LogP contribution < -0.4 is 5.73 Å². The van der Waals surface area contributed by atoms with Gasteiger partial charge in [0, 0.05) is 17.5 Å². The molecular formula is C11H12ClF4N. The van der Waals surface area contributed by atoms with Gasteiger partial charge in [0.15, 0.2) is 0 Å². The standard InChI is InChI=1S/C11H12ClF4N/c12-10-6-8(13)2-1-7(10)5-9(17)3-4-11(14,15)16/h1-2,6,9H,3-5,17H2. The molecule has 0 heterocycles. The van der Waals surface area contributed by atoms with Gasteiger partial charge in [-0.05, 0) is 30.5 Å². The van der Waals surface area contributed by atoms with Gasteiger partial charge >= 0.3 is 6.18 Å². The molecule has 2 N–H and O–H groups in total. The molecule has 0 fully saturated rings. The Labute approximate surface area is 102 Å². The van der Waals surface area contributed by atoms with Gasteiger partial charge in [0.2, 0.25) is 0 Å². The molecule has 1 aromatic rings. The fourth-order valence-electron chi connectivity index (χ4n) is 1.42. The number of alkyl halides is 3. The molecule has 0 spiro atoms. The van der Waals surface area contributed by atoms with Crippen molar-refractivity contribution in [3.63, 3.8) is 0 Å². The van der Waals surface area contributed by atoms with Crippen LogP contribution in [-0.4, -0.2) is 12.2 Å². The van der Waals surface area contributed by atoms with Gasteiger partial charge in [-0.3, -0.25) is 0 Å². The molecule has 1 unspecified atom stereocenters. The summed E-state index contributed by atoms with van der Waals surface area (Å²) >= 11 is 5.75. The number of halogens is 5. The third kappa shape index (κ3) is 5.37. The van der Waals surface area contributed by atoms with Crippen molar-refractivity contribution in [3.8, 4) is 0 Å². The maximum Gasteiger partial charge on any atom is 0.389 e. The quantitative estimate of drug-likeness (QED) is 0.829. The summed E-state index contributed by atoms with van der Waals surface area (Å²) in [5.41, 5.74) is 6.13. The van der Waals surface area contributed by atoms with E-state index >= 15 is 0 Å². The number of rotatable bonds is 4. The fourth-order valence-corrected chi connectivity index (χ4v) is 1.67. The minimum Gasteiger partial charge on any atom is -0.327 e. The van der Waals surface area contributed by atoms with Gasteiger partial charge in [-0.2, -0.15) is 13.2 Å². The predicted molar refractivity (Wildman–Crippen MR) is 58.4 cm³/mol. The van der Waals surface area contributed by atoms with Gasteiger partial charge < -0.3 is 5.73 Å². The lowest BCUT2D eigenvalue weighted by atomic mass is 10.0. The zero-order chi connectivity index (χ0) is 13.1. The van der Waals surface area contributed by atoms with Crippen molar-refractivity contribution in [2.45, 2.75) is 31.5 Å². The second-order valence-electron chi connectivity index (χ2n) is 3.85. The first kappa shape index (κ1) is 14.3. The second-order valence-corrected chi connectivity index (χ2v) is 4.26. The molecule has 0 amide bonds. The normalized spacial score (nSPS) is 13.8. The second kappa shape index (κ2) is 5.69. The molecule has 96 valence electrons. The summed E-state index contributed by atoms with van der Waals surface area (Å²) in [6, 6.07) is 3.12. The van der Waals surface area contributed by atoms with Crippen molar-refractivity contribution >= 4 is 11.6 Å². The molecule has 17 heavy (non-hydrogen) atoms. The minimum absolute atomic E-state index is 0.169. The lowest BCUT2D eigenvalue weighted by molar-refractivity contribution is -0.136. The molecule has 1 rings (SSSR count). The molecule has 0 aliphatic heterocycles. The van der Waals surface area contributed by atoms with E-state index in [0.717, 1.165) is 6.07 Å². The van der Waals surface area contributed by atoms with Gasteiger partial charge in [0.1, 0.15) is 5.82 Å². The van der Waals surface area contributed by atoms with E-state index in [0.29, 0.717) is 5.56 Å². The Hall–Kier alpha value is -0.810. The van der Waals surface area contributed by atoms with Crippen molar-refractivity contribution in [1.82, 2.24) is 0 Å². The first-order chi connectivity index (χ1) is 7.78. The van der Waals surface area contributed by atoms with E-state index in [-0.39, 0.29) is 17.9 Å². The highest BCUT2D eigenvalue weighted by Crippen LogP contribution is 2.24. The summed E-state index contributed by atoms with van der Waals surface area (Å²) in [7, 11) is 0. The number of hydrogen-bond donors (Lipinski definition) is 1. The first-order valence-corrected chi connectivity index (χ1v) is 5.42. The summed E-state index contributed by atoms with van der Waals surface area (Å²) < 4.78 is 48.6. The SMILES string of the molecule is NC(CCC(F)(F)F)Cc1ccc(F)cc1Cl. The summed E-state index contributed by atoms with van der Waals surface area (Å²) in [4.78, 5) is 0. The van der Waals surface area contributed by atoms with E-state index in [9.17, 15) is 17.6 Å². The molecule has 1 aromatic carbocycles. The van der Waals surface area contributed by atoms with Crippen LogP contribution in [0.2, 0.25) is 5.02 Å². The average molecular weight is 270 g/mol. The van der Waals surface area contributed by atoms with Crippen LogP contribution in [-0.2, 0) is 6.42 Å². The van der Waals surface area contributed by atoms with Crippen molar-refractivity contribution in [3.05, 3.63) is 34.6 Å². The molecule has 0 bridgehead atoms. The largest absolute Gasteiger partial charge is 0.389 e. The maximum atomic E-state index is 12.7. The van der Waals surface area contributed by atoms with Gasteiger partial charge in [0.25, 0.3) is 0 Å². The molecule has 1 nitrogen and oxygen atoms in total. The van der Waals surface area contributed by atoms with Crippen LogP contribution in [0, 0.1) is 5.82 Å². The van der Waals surface area contributed by atoms with Crippen LogP contribution in [0.25, 0.3) is 0 Å². The van der Waals surface area contributed by atoms with Crippen LogP contribution in [0.15, 0.2) is 18.2 Å². The Morgan fingerprint density at radius 1 is 1.29 bits per heavy atom. The van der Waals surface area contributed by atoms with Crippen LogP contribution in [0.3, 0.4) is 0 Å². The summed E-state index contributed by atoms with van der Waals surface area (Å²) in [5.74, 6) is -0.484. The van der Waals surface area contributed by atoms with Crippen molar-refractivity contribution in [2.24, 2.45) is 5.73 Å². The van der Waals surface area contributed by atoms with Crippen molar-refractivity contribution in [2.75, 3.05) is 0 Å². The fraction of sp³-hybridized carbons (Fsp3) is 0.455. The summed E-state index contributed by atoms with van der Waals surface area (Å²) in [6.45, 7) is 0. The van der Waals surface area contributed by atoms with E-state index in [2.05, 4.69) is 0 Å². The van der Waals surface area contributed by atoms with Crippen molar-refractivity contribution < 1.29 is 17.6 Å². The van der Waals surface area contributed by atoms with Gasteiger partial charge in [-0.1, -0.05) is 17.7 Å². The van der Waals surface area contributed by atoms with Gasteiger partial charge in [-0.25, -0.2) is 4.39 Å². The smallest absolute Gasteiger partial charge is 0.327 e. The zero-order valence-corrected chi connectivity index (χ0v) is 9.65. The first-order valence-electron chi connectivity index (χ1n) is 5.04. The Balaban J connectivity index is 2.53. The summed E-state index contributed by atoms with van der Waals surface area (Å²) in [5, 5.41) is 0.187. The zero-order valence-electron chi connectivity index (χ0n) is 8.90. The highest BCUT2D eigenvalue weighted by atomic mass is 35.5. The Bertz CT molecular complexity index is 378. The van der Waals surface area contributed by atoms with Crippen LogP contribution in [0.1, 0.15) is 18.4 Å². The molecule has 0 saturated heterocycles. The predicted octanol–water partition coefficient (Wildman–Crippen LogP) is 3.69. The third-order valence-electron chi connectivity index (χ3n) is 2.30. The Kier molecular flexibility index (Phi) is 4.77. The van der Waals surface area contributed by atoms with Gasteiger partial charge in [-0.15, -0.1) is 0 Å². The number of benzene rings is 1. The van der Waals surface area contributed by atoms with E-state index < -0.39 is 24.5 Å². The van der Waals surface area contributed by atoms with Crippen LogP contribution in [0.5, 0.6) is 0 Å². The minimum atomic E-state index is -4.20. The van der Waals surface area contributed by atoms with E-state index in [4.69, 9.17) is 17.3 Å². The number of hydrogen-bond acceptors (Lipinski definition) is 1. The van der Waals surface area contributed by atoms with E-state index in [1.165, 1.54) is 12.1 Å². The topological polar surface area (TPSA) is 26.0 Å². The molecule has 0 aliphatic rings. The average Bonchev–Trinajstić information content (AvgIpc) is 2.18. The maximum absolute atomic E-state index is 12.7. The van der Waals surface area contributed by atoms with Crippen LogP contribution >= 0.6 is 11.6 Å². The van der Waals surface area contributed by atoms with Gasteiger partial charge in [0.05, 0.1) is 0 Å². The summed E-state index contributed by atoms with van der Waals surface area (Å²) in [6.07, 6.45) is -5.09. The highest BCUT2D eigenvalue weighted by molar-refractivity contribution is 6.31. The monoisotopic (exact) mass is 269 g/mol. The lowest BCUT2D eigenvalue weighted by Gasteiger charge is -2.14. The van der Waals surface area contributed by atoms with Crippen LogP contribution in [0.4, 0.5) is 17.6 Å². The number of nitrogens with two attached hydrogens (primary N) is 1. The van der Waals surface area contributed by atoms with E-state index in [1.807, 2.05) is 0 Å². The molecule has 0 aromatic heterocycles. The molecular weight excluding hydrogens is 258 g/mol. The Morgan fingerprint density at radius 3 is 2.47 bits per heavy atom. The third-order valence-corrected chi connectivity index (χ3v) is 2.65. The van der Waals surface area contributed by atoms with E-state index in [1.54, 1.807) is 0 Å². The highest BCUT2D eigenvalue weighted by Gasteiger charge is 2.27. The molecule has 0 aliphatic carbocycles.